The van der Waals surface area contributed by atoms with Gasteiger partial charge in [0.2, 0.25) is 0 Å². The van der Waals surface area contributed by atoms with Crippen LogP contribution in [0.4, 0.5) is 0 Å². The van der Waals surface area contributed by atoms with Gasteiger partial charge in [-0.15, -0.1) is 5.10 Å². The van der Waals surface area contributed by atoms with Gasteiger partial charge in [0.15, 0.2) is 6.10 Å². The molecule has 1 aromatic heterocycles. The number of aromatic nitrogens is 3. The molecule has 0 fully saturated rings. The minimum absolute atomic E-state index is 0.0645. The highest BCUT2D eigenvalue weighted by molar-refractivity contribution is 5.80. The Morgan fingerprint density at radius 1 is 0.920 bits per heavy atom. The molecule has 1 unspecified atom stereocenters. The van der Waals surface area contributed by atoms with Crippen LogP contribution in [0, 0.1) is 0 Å². The summed E-state index contributed by atoms with van der Waals surface area (Å²) in [6, 6.07) is 19.5. The molecular weight excluding hydrogens is 316 g/mol. The quantitative estimate of drug-likeness (QED) is 0.776. The average molecular weight is 334 g/mol. The molecule has 126 valence electrons. The first-order valence-electron chi connectivity index (χ1n) is 7.93. The number of benzene rings is 2. The van der Waals surface area contributed by atoms with Crippen molar-refractivity contribution in [3.05, 3.63) is 60.7 Å². The van der Waals surface area contributed by atoms with E-state index in [1.54, 1.807) is 14.0 Å². The van der Waals surface area contributed by atoms with Crippen LogP contribution in [0.15, 0.2) is 60.7 Å². The van der Waals surface area contributed by atoms with Crippen molar-refractivity contribution in [3.8, 4) is 28.5 Å². The third-order valence-corrected chi connectivity index (χ3v) is 3.66. The number of nitrogens with zero attached hydrogens (tertiary/aromatic N) is 3. The maximum absolute atomic E-state index is 11.6. The molecule has 0 aliphatic heterocycles. The van der Waals surface area contributed by atoms with Gasteiger partial charge < -0.3 is 10.1 Å². The van der Waals surface area contributed by atoms with Crippen molar-refractivity contribution < 1.29 is 9.53 Å². The fourth-order valence-electron chi connectivity index (χ4n) is 2.36. The molecule has 25 heavy (non-hydrogen) atoms. The zero-order valence-corrected chi connectivity index (χ0v) is 14.0. The molecule has 0 radical (unpaired) electrons. The van der Waals surface area contributed by atoms with Gasteiger partial charge in [-0.25, -0.2) is 0 Å². The molecule has 6 nitrogen and oxygen atoms in total. The lowest BCUT2D eigenvalue weighted by Crippen LogP contribution is -2.34. The number of carbonyl (C=O) groups is 1. The molecule has 1 heterocycles. The van der Waals surface area contributed by atoms with E-state index in [1.165, 1.54) is 0 Å². The molecule has 0 saturated heterocycles. The van der Waals surface area contributed by atoms with Gasteiger partial charge in [0.05, 0.1) is 0 Å². The average Bonchev–Trinajstić information content (AvgIpc) is 2.68. The summed E-state index contributed by atoms with van der Waals surface area (Å²) < 4.78 is 5.52. The van der Waals surface area contributed by atoms with Crippen LogP contribution in [0.5, 0.6) is 6.01 Å². The van der Waals surface area contributed by atoms with Crippen LogP contribution in [0.2, 0.25) is 0 Å². The molecule has 0 saturated carbocycles. The van der Waals surface area contributed by atoms with Crippen LogP contribution in [0.1, 0.15) is 6.92 Å². The highest BCUT2D eigenvalue weighted by Crippen LogP contribution is 2.29. The number of likely N-dealkylation sites (N-methyl/N-ethyl adjacent to an activating group) is 1. The zero-order chi connectivity index (χ0) is 17.6. The summed E-state index contributed by atoms with van der Waals surface area (Å²) in [4.78, 5) is 16.1. The van der Waals surface area contributed by atoms with Gasteiger partial charge >= 0.3 is 6.01 Å². The molecule has 0 aliphatic carbocycles. The van der Waals surface area contributed by atoms with E-state index in [9.17, 15) is 4.79 Å². The maximum atomic E-state index is 11.6. The van der Waals surface area contributed by atoms with Crippen molar-refractivity contribution in [2.45, 2.75) is 13.0 Å². The molecule has 6 heteroatoms. The predicted octanol–water partition coefficient (Wildman–Crippen LogP) is 2.72. The van der Waals surface area contributed by atoms with Gasteiger partial charge in [0, 0.05) is 18.2 Å². The van der Waals surface area contributed by atoms with Crippen molar-refractivity contribution in [3.63, 3.8) is 0 Å². The summed E-state index contributed by atoms with van der Waals surface area (Å²) in [7, 11) is 1.55. The second-order valence-corrected chi connectivity index (χ2v) is 5.40. The van der Waals surface area contributed by atoms with Crippen LogP contribution in [0.25, 0.3) is 22.5 Å². The molecule has 3 rings (SSSR count). The fourth-order valence-corrected chi connectivity index (χ4v) is 2.36. The van der Waals surface area contributed by atoms with E-state index >= 15 is 0 Å². The normalized spacial score (nSPS) is 11.6. The molecular formula is C19H18N4O2. The Bertz CT molecular complexity index is 854. The summed E-state index contributed by atoms with van der Waals surface area (Å²) in [5.41, 5.74) is 3.12. The van der Waals surface area contributed by atoms with Gasteiger partial charge in [-0.1, -0.05) is 65.8 Å². The summed E-state index contributed by atoms with van der Waals surface area (Å²) in [5, 5.41) is 10.9. The summed E-state index contributed by atoms with van der Waals surface area (Å²) in [5.74, 6) is -0.253. The van der Waals surface area contributed by atoms with Crippen LogP contribution >= 0.6 is 0 Å². The van der Waals surface area contributed by atoms with Gasteiger partial charge in [-0.2, -0.15) is 4.98 Å². The smallest absolute Gasteiger partial charge is 0.337 e. The first-order chi connectivity index (χ1) is 12.2. The lowest BCUT2D eigenvalue weighted by Gasteiger charge is -2.13. The number of hydrogen-bond donors (Lipinski definition) is 1. The van der Waals surface area contributed by atoms with Crippen molar-refractivity contribution in [1.82, 2.24) is 20.5 Å². The molecule has 2 aromatic carbocycles. The molecule has 1 atom stereocenters. The van der Waals surface area contributed by atoms with Gasteiger partial charge in [-0.3, -0.25) is 4.79 Å². The van der Waals surface area contributed by atoms with Crippen molar-refractivity contribution in [2.75, 3.05) is 7.05 Å². The Morgan fingerprint density at radius 3 is 2.04 bits per heavy atom. The van der Waals surface area contributed by atoms with E-state index in [-0.39, 0.29) is 11.9 Å². The standard InChI is InChI=1S/C19H18N4O2/c1-13(18(24)20-2)25-19-21-16(14-9-5-3-6-10-14)17(22-23-19)15-11-7-4-8-12-15/h3-13H,1-2H3,(H,20,24). The van der Waals surface area contributed by atoms with Crippen LogP contribution in [-0.4, -0.2) is 34.2 Å². The molecule has 1 amide bonds. The van der Waals surface area contributed by atoms with Gasteiger partial charge in [0.25, 0.3) is 5.91 Å². The van der Waals surface area contributed by atoms with Gasteiger partial charge in [0.1, 0.15) is 11.4 Å². The minimum atomic E-state index is -0.710. The van der Waals surface area contributed by atoms with Crippen molar-refractivity contribution >= 4 is 5.91 Å². The summed E-state index contributed by atoms with van der Waals surface area (Å²) in [6.07, 6.45) is -0.710. The Labute approximate surface area is 145 Å². The van der Waals surface area contributed by atoms with Crippen molar-refractivity contribution in [1.29, 1.82) is 0 Å². The van der Waals surface area contributed by atoms with E-state index in [1.807, 2.05) is 60.7 Å². The number of ether oxygens (including phenoxy) is 1. The number of nitrogens with one attached hydrogen (secondary N) is 1. The highest BCUT2D eigenvalue weighted by Gasteiger charge is 2.18. The summed E-state index contributed by atoms with van der Waals surface area (Å²) in [6.45, 7) is 1.63. The fraction of sp³-hybridized carbons (Fsp3) is 0.158. The number of rotatable bonds is 5. The van der Waals surface area contributed by atoms with Crippen LogP contribution < -0.4 is 10.1 Å². The molecule has 0 bridgehead atoms. The van der Waals surface area contributed by atoms with E-state index in [0.717, 1.165) is 11.1 Å². The second kappa shape index (κ2) is 7.53. The van der Waals surface area contributed by atoms with E-state index in [2.05, 4.69) is 20.5 Å². The maximum Gasteiger partial charge on any atom is 0.337 e. The van der Waals surface area contributed by atoms with Crippen molar-refractivity contribution in [2.24, 2.45) is 0 Å². The summed E-state index contributed by atoms with van der Waals surface area (Å²) >= 11 is 0. The lowest BCUT2D eigenvalue weighted by atomic mass is 10.0. The first-order valence-corrected chi connectivity index (χ1v) is 7.93. The number of amides is 1. The van der Waals surface area contributed by atoms with Gasteiger partial charge in [-0.05, 0) is 6.92 Å². The SMILES string of the molecule is CNC(=O)C(C)Oc1nnc(-c2ccccc2)c(-c2ccccc2)n1. The first kappa shape index (κ1) is 16.6. The second-order valence-electron chi connectivity index (χ2n) is 5.40. The Balaban J connectivity index is 2.04. The predicted molar refractivity (Wildman–Crippen MR) is 94.9 cm³/mol. The lowest BCUT2D eigenvalue weighted by molar-refractivity contribution is -0.127. The molecule has 0 spiro atoms. The van der Waals surface area contributed by atoms with E-state index < -0.39 is 6.10 Å². The monoisotopic (exact) mass is 334 g/mol. The van der Waals surface area contributed by atoms with E-state index in [4.69, 9.17) is 4.74 Å². The minimum Gasteiger partial charge on any atom is -0.449 e. The molecule has 1 N–H and O–H groups in total. The van der Waals surface area contributed by atoms with E-state index in [0.29, 0.717) is 11.4 Å². The van der Waals surface area contributed by atoms with Crippen LogP contribution in [-0.2, 0) is 4.79 Å². The number of hydrogen-bond acceptors (Lipinski definition) is 5. The Hall–Kier alpha value is -3.28. The molecule has 3 aromatic rings. The Kier molecular flexibility index (Phi) is 4.99. The highest BCUT2D eigenvalue weighted by atomic mass is 16.5. The third-order valence-electron chi connectivity index (χ3n) is 3.66. The largest absolute Gasteiger partial charge is 0.449 e. The Morgan fingerprint density at radius 2 is 1.48 bits per heavy atom. The zero-order valence-electron chi connectivity index (χ0n) is 14.0. The topological polar surface area (TPSA) is 77.0 Å². The third kappa shape index (κ3) is 3.80. The van der Waals surface area contributed by atoms with Crippen LogP contribution in [0.3, 0.4) is 0 Å². The number of carbonyl (C=O) groups excluding carboxylic acids is 1. The molecule has 0 aliphatic rings.